The summed E-state index contributed by atoms with van der Waals surface area (Å²) < 4.78 is 0.920. The maximum atomic E-state index is 12.1. The first-order valence-corrected chi connectivity index (χ1v) is 8.20. The minimum absolute atomic E-state index is 0.0107. The first-order chi connectivity index (χ1) is 10.1. The molecule has 0 unspecified atom stereocenters. The summed E-state index contributed by atoms with van der Waals surface area (Å²) in [5, 5.41) is 4.75. The third-order valence-corrected chi connectivity index (χ3v) is 4.71. The number of benzene rings is 1. The summed E-state index contributed by atoms with van der Waals surface area (Å²) in [4.78, 5) is 26.6. The Morgan fingerprint density at radius 2 is 2.05 bits per heavy atom. The van der Waals surface area contributed by atoms with Gasteiger partial charge in [-0.3, -0.25) is 9.59 Å². The third kappa shape index (κ3) is 3.16. The molecular weight excluding hydrogens is 352 g/mol. The molecule has 108 valence electrons. The number of nitrogens with zero attached hydrogens (tertiary/aromatic N) is 1. The zero-order valence-electron chi connectivity index (χ0n) is 11.1. The van der Waals surface area contributed by atoms with Crippen LogP contribution in [0.1, 0.15) is 9.67 Å². The van der Waals surface area contributed by atoms with Gasteiger partial charge in [0.15, 0.2) is 0 Å². The quantitative estimate of drug-likeness (QED) is 0.908. The van der Waals surface area contributed by atoms with Gasteiger partial charge in [0.25, 0.3) is 5.91 Å². The fourth-order valence-electron chi connectivity index (χ4n) is 2.18. The van der Waals surface area contributed by atoms with Gasteiger partial charge < -0.3 is 10.2 Å². The largest absolute Gasteiger partial charge is 0.336 e. The number of thiophene rings is 1. The van der Waals surface area contributed by atoms with E-state index in [0.29, 0.717) is 13.1 Å². The van der Waals surface area contributed by atoms with E-state index < -0.39 is 0 Å². The summed E-state index contributed by atoms with van der Waals surface area (Å²) in [5.74, 6) is -0.160. The average Bonchev–Trinajstić information content (AvgIpc) is 2.90. The summed E-state index contributed by atoms with van der Waals surface area (Å²) in [5.41, 5.74) is 0.761. The fraction of sp³-hybridized carbons (Fsp3) is 0.200. The van der Waals surface area contributed by atoms with Crippen LogP contribution in [0.15, 0.2) is 46.3 Å². The van der Waals surface area contributed by atoms with Gasteiger partial charge in [-0.15, -0.1) is 11.3 Å². The molecule has 1 aliphatic rings. The number of anilines is 1. The number of hydrogen-bond donors (Lipinski definition) is 1. The van der Waals surface area contributed by atoms with Crippen molar-refractivity contribution in [3.63, 3.8) is 0 Å². The van der Waals surface area contributed by atoms with E-state index in [0.717, 1.165) is 15.0 Å². The Morgan fingerprint density at radius 1 is 1.24 bits per heavy atom. The Bertz CT molecular complexity index is 666. The monoisotopic (exact) mass is 364 g/mol. The van der Waals surface area contributed by atoms with Crippen LogP contribution in [0.3, 0.4) is 0 Å². The van der Waals surface area contributed by atoms with Crippen LogP contribution in [-0.4, -0.2) is 29.8 Å². The summed E-state index contributed by atoms with van der Waals surface area (Å²) in [7, 11) is 0. The maximum absolute atomic E-state index is 12.1. The van der Waals surface area contributed by atoms with E-state index in [1.54, 1.807) is 4.90 Å². The molecule has 1 saturated heterocycles. The maximum Gasteiger partial charge on any atom is 0.263 e. The predicted octanol–water partition coefficient (Wildman–Crippen LogP) is 3.22. The highest BCUT2D eigenvalue weighted by molar-refractivity contribution is 9.10. The Morgan fingerprint density at radius 3 is 2.71 bits per heavy atom. The first-order valence-electron chi connectivity index (χ1n) is 6.52. The zero-order valence-corrected chi connectivity index (χ0v) is 13.5. The summed E-state index contributed by atoms with van der Waals surface area (Å²) in [6.07, 6.45) is 0. The Hall–Kier alpha value is -1.66. The molecule has 1 aliphatic heterocycles. The van der Waals surface area contributed by atoms with Crippen molar-refractivity contribution < 1.29 is 9.59 Å². The number of halogens is 1. The van der Waals surface area contributed by atoms with Crippen molar-refractivity contribution in [2.75, 3.05) is 18.4 Å². The van der Waals surface area contributed by atoms with Crippen LogP contribution >= 0.6 is 27.3 Å². The first kappa shape index (κ1) is 14.3. The van der Waals surface area contributed by atoms with Crippen molar-refractivity contribution in [3.05, 3.63) is 51.1 Å². The lowest BCUT2D eigenvalue weighted by Crippen LogP contribution is -2.54. The highest BCUT2D eigenvalue weighted by atomic mass is 79.9. The molecule has 1 aromatic heterocycles. The SMILES string of the molecule is O=C(Nc1cccc(Br)c1)C1CN(C(=O)c2cccs2)C1. The smallest absolute Gasteiger partial charge is 0.263 e. The van der Waals surface area contributed by atoms with Crippen molar-refractivity contribution in [2.24, 2.45) is 5.92 Å². The van der Waals surface area contributed by atoms with Crippen LogP contribution < -0.4 is 5.32 Å². The molecule has 0 bridgehead atoms. The molecule has 1 N–H and O–H groups in total. The Balaban J connectivity index is 1.54. The molecule has 1 fully saturated rings. The number of carbonyl (C=O) groups excluding carboxylic acids is 2. The molecule has 0 radical (unpaired) electrons. The van der Waals surface area contributed by atoms with Gasteiger partial charge in [0.05, 0.1) is 10.8 Å². The molecule has 0 spiro atoms. The molecule has 2 amide bonds. The van der Waals surface area contributed by atoms with Gasteiger partial charge in [-0.25, -0.2) is 0 Å². The van der Waals surface area contributed by atoms with E-state index >= 15 is 0 Å². The molecule has 21 heavy (non-hydrogen) atoms. The van der Waals surface area contributed by atoms with Gasteiger partial charge in [0.1, 0.15) is 0 Å². The average molecular weight is 365 g/mol. The van der Waals surface area contributed by atoms with Crippen LogP contribution in [0.25, 0.3) is 0 Å². The van der Waals surface area contributed by atoms with Crippen LogP contribution in [0.4, 0.5) is 5.69 Å². The van der Waals surface area contributed by atoms with E-state index in [1.807, 2.05) is 41.8 Å². The number of hydrogen-bond acceptors (Lipinski definition) is 3. The second-order valence-corrected chi connectivity index (χ2v) is 6.75. The predicted molar refractivity (Wildman–Crippen MR) is 86.5 cm³/mol. The lowest BCUT2D eigenvalue weighted by atomic mass is 9.98. The minimum atomic E-state index is -0.132. The normalized spacial score (nSPS) is 14.6. The number of amides is 2. The molecule has 0 aliphatic carbocycles. The molecule has 0 saturated carbocycles. The molecule has 6 heteroatoms. The standard InChI is InChI=1S/C15H13BrN2O2S/c16-11-3-1-4-12(7-11)17-14(19)10-8-18(9-10)15(20)13-5-2-6-21-13/h1-7,10H,8-9H2,(H,17,19). The molecular formula is C15H13BrN2O2S. The molecule has 4 nitrogen and oxygen atoms in total. The summed E-state index contributed by atoms with van der Waals surface area (Å²) in [6.45, 7) is 0.965. The number of rotatable bonds is 3. The fourth-order valence-corrected chi connectivity index (χ4v) is 3.27. The highest BCUT2D eigenvalue weighted by Crippen LogP contribution is 2.23. The topological polar surface area (TPSA) is 49.4 Å². The second-order valence-electron chi connectivity index (χ2n) is 4.88. The van der Waals surface area contributed by atoms with Crippen LogP contribution in [-0.2, 0) is 4.79 Å². The Kier molecular flexibility index (Phi) is 4.07. The van der Waals surface area contributed by atoms with Gasteiger partial charge in [-0.2, -0.15) is 0 Å². The minimum Gasteiger partial charge on any atom is -0.336 e. The second kappa shape index (κ2) is 5.99. The Labute approximate surface area is 134 Å². The summed E-state index contributed by atoms with van der Waals surface area (Å²) in [6, 6.07) is 11.1. The number of carbonyl (C=O) groups is 2. The van der Waals surface area contributed by atoms with Gasteiger partial charge in [0, 0.05) is 23.2 Å². The van der Waals surface area contributed by atoms with Gasteiger partial charge in [-0.05, 0) is 29.6 Å². The third-order valence-electron chi connectivity index (χ3n) is 3.36. The summed E-state index contributed by atoms with van der Waals surface area (Å²) >= 11 is 4.79. The van der Waals surface area contributed by atoms with Crippen LogP contribution in [0.5, 0.6) is 0 Å². The molecule has 1 aromatic carbocycles. The molecule has 2 heterocycles. The van der Waals surface area contributed by atoms with Gasteiger partial charge in [-0.1, -0.05) is 28.1 Å². The number of nitrogens with one attached hydrogen (secondary N) is 1. The molecule has 2 aromatic rings. The van der Waals surface area contributed by atoms with Crippen LogP contribution in [0.2, 0.25) is 0 Å². The number of likely N-dealkylation sites (tertiary alicyclic amines) is 1. The highest BCUT2D eigenvalue weighted by Gasteiger charge is 2.36. The van der Waals surface area contributed by atoms with E-state index in [1.165, 1.54) is 11.3 Å². The van der Waals surface area contributed by atoms with Gasteiger partial charge in [0.2, 0.25) is 5.91 Å². The van der Waals surface area contributed by atoms with E-state index in [9.17, 15) is 9.59 Å². The van der Waals surface area contributed by atoms with Crippen molar-refractivity contribution >= 4 is 44.8 Å². The van der Waals surface area contributed by atoms with Gasteiger partial charge >= 0.3 is 0 Å². The van der Waals surface area contributed by atoms with E-state index in [4.69, 9.17) is 0 Å². The zero-order chi connectivity index (χ0) is 14.8. The lowest BCUT2D eigenvalue weighted by molar-refractivity contribution is -0.123. The van der Waals surface area contributed by atoms with Crippen molar-refractivity contribution in [1.82, 2.24) is 4.90 Å². The molecule has 3 rings (SSSR count). The van der Waals surface area contributed by atoms with E-state index in [2.05, 4.69) is 21.2 Å². The van der Waals surface area contributed by atoms with Crippen molar-refractivity contribution in [2.45, 2.75) is 0 Å². The van der Waals surface area contributed by atoms with Crippen molar-refractivity contribution in [1.29, 1.82) is 0 Å². The van der Waals surface area contributed by atoms with Crippen LogP contribution in [0, 0.1) is 5.92 Å². The molecule has 0 atom stereocenters. The van der Waals surface area contributed by atoms with E-state index in [-0.39, 0.29) is 17.7 Å². The van der Waals surface area contributed by atoms with Crippen molar-refractivity contribution in [3.8, 4) is 0 Å². The lowest BCUT2D eigenvalue weighted by Gasteiger charge is -2.37.